The van der Waals surface area contributed by atoms with Gasteiger partial charge in [-0.2, -0.15) is 0 Å². The van der Waals surface area contributed by atoms with Crippen LogP contribution in [0.2, 0.25) is 5.02 Å². The molecule has 0 aliphatic carbocycles. The molecule has 1 saturated heterocycles. The van der Waals surface area contributed by atoms with Gasteiger partial charge in [0.15, 0.2) is 11.5 Å². The van der Waals surface area contributed by atoms with Crippen molar-refractivity contribution in [2.75, 3.05) is 50.7 Å². The quantitative estimate of drug-likeness (QED) is 0.544. The number of morpholine rings is 1. The number of ether oxygens (including phenoxy) is 3. The maximum atomic E-state index is 12.8. The summed E-state index contributed by atoms with van der Waals surface area (Å²) in [6.45, 7) is 2.86. The number of thiazole rings is 1. The zero-order valence-electron chi connectivity index (χ0n) is 17.9. The van der Waals surface area contributed by atoms with E-state index in [1.165, 1.54) is 11.3 Å². The van der Waals surface area contributed by atoms with Crippen molar-refractivity contribution >= 4 is 40.2 Å². The number of hydrogen-bond acceptors (Lipinski definition) is 7. The lowest BCUT2D eigenvalue weighted by Crippen LogP contribution is -2.36. The molecule has 1 fully saturated rings. The fraction of sp³-hybridized carbons (Fsp3) is 0.304. The third-order valence-corrected chi connectivity index (χ3v) is 6.28. The van der Waals surface area contributed by atoms with Crippen molar-refractivity contribution in [2.24, 2.45) is 0 Å². The second-order valence-corrected chi connectivity index (χ2v) is 8.49. The largest absolute Gasteiger partial charge is 0.493 e. The van der Waals surface area contributed by atoms with E-state index >= 15 is 0 Å². The highest BCUT2D eigenvalue weighted by atomic mass is 35.5. The molecule has 1 aliphatic rings. The average Bonchev–Trinajstić information content (AvgIpc) is 3.27. The van der Waals surface area contributed by atoms with Gasteiger partial charge in [-0.05, 0) is 36.4 Å². The molecule has 0 atom stereocenters. The standard InChI is InChI=1S/C23H24ClN3O4S/c1-29-20-6-3-15(11-21(20)30-2)23-25-17(14-32-23)13-22(28)26-18-12-16(24)4-5-19(18)27-7-9-31-10-8-27/h3-6,11-12,14H,7-10,13H2,1-2H3,(H,26,28). The van der Waals surface area contributed by atoms with Crippen LogP contribution in [-0.2, 0) is 16.0 Å². The summed E-state index contributed by atoms with van der Waals surface area (Å²) in [5.41, 5.74) is 3.24. The number of rotatable bonds is 7. The fourth-order valence-corrected chi connectivity index (χ4v) is 4.53. The first-order chi connectivity index (χ1) is 15.6. The van der Waals surface area contributed by atoms with Crippen LogP contribution in [0.4, 0.5) is 11.4 Å². The topological polar surface area (TPSA) is 72.9 Å². The van der Waals surface area contributed by atoms with Gasteiger partial charge < -0.3 is 24.4 Å². The molecule has 1 amide bonds. The number of benzene rings is 2. The van der Waals surface area contributed by atoms with Crippen LogP contribution in [0.25, 0.3) is 10.6 Å². The van der Waals surface area contributed by atoms with E-state index in [1.807, 2.05) is 35.7 Å². The van der Waals surface area contributed by atoms with Crippen LogP contribution in [0.15, 0.2) is 41.8 Å². The van der Waals surface area contributed by atoms with Crippen LogP contribution >= 0.6 is 22.9 Å². The van der Waals surface area contributed by atoms with Crippen LogP contribution in [-0.4, -0.2) is 51.4 Å². The van der Waals surface area contributed by atoms with Crippen LogP contribution in [0.5, 0.6) is 11.5 Å². The third kappa shape index (κ3) is 5.15. The Kier molecular flexibility index (Phi) is 7.14. The molecule has 4 rings (SSSR count). The van der Waals surface area contributed by atoms with Crippen LogP contribution in [0.1, 0.15) is 5.69 Å². The molecule has 2 heterocycles. The zero-order chi connectivity index (χ0) is 22.5. The number of halogens is 1. The Morgan fingerprint density at radius 1 is 1.16 bits per heavy atom. The number of methoxy groups -OCH3 is 2. The van der Waals surface area contributed by atoms with Crippen LogP contribution in [0, 0.1) is 0 Å². The third-order valence-electron chi connectivity index (χ3n) is 5.11. The lowest BCUT2D eigenvalue weighted by molar-refractivity contribution is -0.115. The van der Waals surface area contributed by atoms with Gasteiger partial charge in [-0.1, -0.05) is 11.6 Å². The molecular formula is C23H24ClN3O4S. The number of carbonyl (C=O) groups excluding carboxylic acids is 1. The molecule has 32 heavy (non-hydrogen) atoms. The van der Waals surface area contributed by atoms with Crippen molar-refractivity contribution in [1.29, 1.82) is 0 Å². The number of carbonyl (C=O) groups is 1. The maximum Gasteiger partial charge on any atom is 0.230 e. The second kappa shape index (κ2) is 10.2. The first kappa shape index (κ1) is 22.4. The van der Waals surface area contributed by atoms with Gasteiger partial charge in [0.2, 0.25) is 5.91 Å². The van der Waals surface area contributed by atoms with E-state index in [0.29, 0.717) is 41.1 Å². The van der Waals surface area contributed by atoms with Crippen molar-refractivity contribution in [3.05, 3.63) is 52.5 Å². The van der Waals surface area contributed by atoms with Crippen molar-refractivity contribution in [3.8, 4) is 22.1 Å². The molecule has 0 unspecified atom stereocenters. The number of anilines is 2. The summed E-state index contributed by atoms with van der Waals surface area (Å²) in [6, 6.07) is 11.2. The van der Waals surface area contributed by atoms with Crippen molar-refractivity contribution in [3.63, 3.8) is 0 Å². The zero-order valence-corrected chi connectivity index (χ0v) is 19.5. The van der Waals surface area contributed by atoms with Crippen LogP contribution < -0.4 is 19.7 Å². The molecule has 168 valence electrons. The van der Waals surface area contributed by atoms with Gasteiger partial charge in [0.1, 0.15) is 5.01 Å². The summed E-state index contributed by atoms with van der Waals surface area (Å²) in [7, 11) is 3.20. The highest BCUT2D eigenvalue weighted by molar-refractivity contribution is 7.13. The smallest absolute Gasteiger partial charge is 0.230 e. The van der Waals surface area contributed by atoms with Crippen molar-refractivity contribution < 1.29 is 19.0 Å². The number of nitrogens with one attached hydrogen (secondary N) is 1. The van der Waals surface area contributed by atoms with Gasteiger partial charge in [0.25, 0.3) is 0 Å². The monoisotopic (exact) mass is 473 g/mol. The Balaban J connectivity index is 1.47. The highest BCUT2D eigenvalue weighted by Crippen LogP contribution is 2.34. The van der Waals surface area contributed by atoms with Gasteiger partial charge in [-0.3, -0.25) is 4.79 Å². The molecule has 2 aromatic carbocycles. The number of hydrogen-bond donors (Lipinski definition) is 1. The summed E-state index contributed by atoms with van der Waals surface area (Å²) >= 11 is 7.67. The van der Waals surface area contributed by atoms with E-state index in [9.17, 15) is 4.79 Å². The normalized spacial score (nSPS) is 13.7. The summed E-state index contributed by atoms with van der Waals surface area (Å²) in [5.74, 6) is 1.15. The van der Waals surface area contributed by atoms with Gasteiger partial charge in [-0.25, -0.2) is 4.98 Å². The lowest BCUT2D eigenvalue weighted by Gasteiger charge is -2.30. The molecule has 9 heteroatoms. The number of nitrogens with zero attached hydrogens (tertiary/aromatic N) is 2. The van der Waals surface area contributed by atoms with Crippen molar-refractivity contribution in [1.82, 2.24) is 4.98 Å². The Morgan fingerprint density at radius 3 is 2.69 bits per heavy atom. The Labute approximate surface area is 195 Å². The SMILES string of the molecule is COc1ccc(-c2nc(CC(=O)Nc3cc(Cl)ccc3N3CCOCC3)cs2)cc1OC. The molecule has 1 aliphatic heterocycles. The van der Waals surface area contributed by atoms with E-state index in [0.717, 1.165) is 29.3 Å². The lowest BCUT2D eigenvalue weighted by atomic mass is 10.2. The van der Waals surface area contributed by atoms with E-state index in [1.54, 1.807) is 20.3 Å². The minimum Gasteiger partial charge on any atom is -0.493 e. The summed E-state index contributed by atoms with van der Waals surface area (Å²) in [5, 5.41) is 6.28. The molecule has 3 aromatic rings. The molecule has 0 saturated carbocycles. The van der Waals surface area contributed by atoms with Gasteiger partial charge in [-0.15, -0.1) is 11.3 Å². The van der Waals surface area contributed by atoms with Crippen molar-refractivity contribution in [2.45, 2.75) is 6.42 Å². The van der Waals surface area contributed by atoms with E-state index in [-0.39, 0.29) is 12.3 Å². The maximum absolute atomic E-state index is 12.8. The summed E-state index contributed by atoms with van der Waals surface area (Å²) in [6.07, 6.45) is 0.166. The predicted molar refractivity (Wildman–Crippen MR) is 127 cm³/mol. The molecule has 7 nitrogen and oxygen atoms in total. The molecule has 0 bridgehead atoms. The van der Waals surface area contributed by atoms with Gasteiger partial charge in [0, 0.05) is 29.1 Å². The number of aromatic nitrogens is 1. The first-order valence-corrected chi connectivity index (χ1v) is 11.4. The first-order valence-electron chi connectivity index (χ1n) is 10.2. The summed E-state index contributed by atoms with van der Waals surface area (Å²) < 4.78 is 16.1. The molecule has 0 radical (unpaired) electrons. The molecule has 0 spiro atoms. The fourth-order valence-electron chi connectivity index (χ4n) is 3.54. The molecular weight excluding hydrogens is 450 g/mol. The van der Waals surface area contributed by atoms with E-state index in [4.69, 9.17) is 25.8 Å². The van der Waals surface area contributed by atoms with Crippen LogP contribution in [0.3, 0.4) is 0 Å². The summed E-state index contributed by atoms with van der Waals surface area (Å²) in [4.78, 5) is 19.6. The minimum absolute atomic E-state index is 0.147. The Morgan fingerprint density at radius 2 is 1.94 bits per heavy atom. The molecule has 1 aromatic heterocycles. The highest BCUT2D eigenvalue weighted by Gasteiger charge is 2.18. The second-order valence-electron chi connectivity index (χ2n) is 7.20. The van der Waals surface area contributed by atoms with Gasteiger partial charge in [0.05, 0.1) is 50.9 Å². The Hall–Kier alpha value is -2.81. The Bertz CT molecular complexity index is 1100. The van der Waals surface area contributed by atoms with Gasteiger partial charge >= 0.3 is 0 Å². The minimum atomic E-state index is -0.147. The molecule has 1 N–H and O–H groups in total. The van der Waals surface area contributed by atoms with E-state index in [2.05, 4.69) is 15.2 Å². The predicted octanol–water partition coefficient (Wildman–Crippen LogP) is 4.50. The average molecular weight is 474 g/mol. The van der Waals surface area contributed by atoms with E-state index < -0.39 is 0 Å². The number of amides is 1.